The van der Waals surface area contributed by atoms with E-state index in [2.05, 4.69) is 43.0 Å². The summed E-state index contributed by atoms with van der Waals surface area (Å²) >= 11 is 0. The van der Waals surface area contributed by atoms with E-state index in [0.717, 1.165) is 74.9 Å². The summed E-state index contributed by atoms with van der Waals surface area (Å²) in [7, 11) is 1.87. The number of hydrogen-bond acceptors (Lipinski definition) is 8. The minimum Gasteiger partial charge on any atom is -0.492 e. The van der Waals surface area contributed by atoms with E-state index in [-0.39, 0.29) is 17.4 Å². The Labute approximate surface area is 247 Å². The molecule has 0 bridgehead atoms. The van der Waals surface area contributed by atoms with E-state index in [1.165, 1.54) is 11.1 Å². The molecule has 10 heteroatoms. The number of pyridine rings is 1. The fourth-order valence-corrected chi connectivity index (χ4v) is 6.80. The molecule has 4 heterocycles. The third kappa shape index (κ3) is 5.12. The van der Waals surface area contributed by atoms with Gasteiger partial charge in [0.05, 0.1) is 38.1 Å². The number of nitriles is 1. The van der Waals surface area contributed by atoms with Gasteiger partial charge in [0.15, 0.2) is 0 Å². The Morgan fingerprint density at radius 1 is 1.19 bits per heavy atom. The number of ether oxygens (including phenoxy) is 2. The second-order valence-corrected chi connectivity index (χ2v) is 11.6. The van der Waals surface area contributed by atoms with Gasteiger partial charge in [-0.15, -0.1) is 0 Å². The third-order valence-corrected chi connectivity index (χ3v) is 9.08. The Bertz CT molecular complexity index is 1500. The number of carbonyl (C=O) groups is 1. The molecular formula is C32H39N7O3. The summed E-state index contributed by atoms with van der Waals surface area (Å²) in [5.74, 6) is 1.33. The van der Waals surface area contributed by atoms with Crippen molar-refractivity contribution >= 4 is 11.9 Å². The summed E-state index contributed by atoms with van der Waals surface area (Å²) < 4.78 is 13.4. The van der Waals surface area contributed by atoms with Crippen LogP contribution < -0.4 is 10.1 Å². The van der Waals surface area contributed by atoms with Crippen molar-refractivity contribution in [2.24, 2.45) is 0 Å². The Balaban J connectivity index is 1.42. The highest BCUT2D eigenvalue weighted by Gasteiger charge is 2.49. The highest BCUT2D eigenvalue weighted by Crippen LogP contribution is 2.51. The van der Waals surface area contributed by atoms with Gasteiger partial charge in [0, 0.05) is 68.9 Å². The lowest BCUT2D eigenvalue weighted by molar-refractivity contribution is 0.0325. The van der Waals surface area contributed by atoms with Crippen LogP contribution >= 0.6 is 0 Å². The van der Waals surface area contributed by atoms with Crippen LogP contribution in [-0.4, -0.2) is 76.7 Å². The van der Waals surface area contributed by atoms with E-state index < -0.39 is 0 Å². The molecule has 1 spiro atoms. The molecule has 3 aromatic rings. The van der Waals surface area contributed by atoms with Crippen LogP contribution in [0.4, 0.5) is 5.95 Å². The number of carbonyl (C=O) groups excluding carboxylic acids is 1. The molecule has 3 aliphatic rings. The minimum atomic E-state index is -0.272. The van der Waals surface area contributed by atoms with E-state index in [0.29, 0.717) is 31.0 Å². The smallest absolute Gasteiger partial charge is 0.254 e. The molecule has 0 radical (unpaired) electrons. The SMILES string of the molecule is CCOc1cc([C@H](C)N2CC3(CCC3)c3c(CN4CCOCC4)cc(Cn4ccnc4NC)cc3C2=O)ncc1C#N. The molecule has 1 saturated heterocycles. The third-order valence-electron chi connectivity index (χ3n) is 9.08. The van der Waals surface area contributed by atoms with Crippen molar-refractivity contribution in [1.82, 2.24) is 24.3 Å². The number of fused-ring (bicyclic) bond motifs is 2. The predicted octanol–water partition coefficient (Wildman–Crippen LogP) is 4.11. The average Bonchev–Trinajstić information content (AvgIpc) is 3.44. The highest BCUT2D eigenvalue weighted by atomic mass is 16.5. The van der Waals surface area contributed by atoms with Gasteiger partial charge >= 0.3 is 0 Å². The zero-order valence-corrected chi connectivity index (χ0v) is 24.7. The number of nitrogens with zero attached hydrogens (tertiary/aromatic N) is 6. The summed E-state index contributed by atoms with van der Waals surface area (Å²) in [5, 5.41) is 12.7. The number of aromatic nitrogens is 3. The van der Waals surface area contributed by atoms with Gasteiger partial charge in [-0.2, -0.15) is 5.26 Å². The lowest BCUT2D eigenvalue weighted by atomic mass is 9.60. The molecule has 1 amide bonds. The fourth-order valence-electron chi connectivity index (χ4n) is 6.80. The van der Waals surface area contributed by atoms with Crippen LogP contribution in [0.1, 0.15) is 77.5 Å². The van der Waals surface area contributed by atoms with Gasteiger partial charge in [-0.1, -0.05) is 12.5 Å². The second-order valence-electron chi connectivity index (χ2n) is 11.6. The van der Waals surface area contributed by atoms with Crippen molar-refractivity contribution in [2.45, 2.75) is 57.7 Å². The summed E-state index contributed by atoms with van der Waals surface area (Å²) in [6.07, 6.45) is 8.58. The Kier molecular flexibility index (Phi) is 7.88. The maximum atomic E-state index is 14.5. The van der Waals surface area contributed by atoms with Crippen LogP contribution in [0.15, 0.2) is 36.8 Å². The maximum Gasteiger partial charge on any atom is 0.254 e. The van der Waals surface area contributed by atoms with Gasteiger partial charge in [0.25, 0.3) is 5.91 Å². The first kappa shape index (κ1) is 28.2. The van der Waals surface area contributed by atoms with Crippen molar-refractivity contribution in [3.8, 4) is 11.8 Å². The van der Waals surface area contributed by atoms with Gasteiger partial charge in [0.1, 0.15) is 17.4 Å². The van der Waals surface area contributed by atoms with Crippen LogP contribution in [0, 0.1) is 11.3 Å². The van der Waals surface area contributed by atoms with Crippen molar-refractivity contribution in [3.63, 3.8) is 0 Å². The molecule has 42 heavy (non-hydrogen) atoms. The van der Waals surface area contributed by atoms with E-state index in [9.17, 15) is 10.1 Å². The van der Waals surface area contributed by atoms with Crippen LogP contribution in [0.2, 0.25) is 0 Å². The number of benzene rings is 1. The first-order valence-electron chi connectivity index (χ1n) is 15.0. The lowest BCUT2D eigenvalue weighted by Crippen LogP contribution is -2.54. The number of imidazole rings is 1. The first-order valence-corrected chi connectivity index (χ1v) is 15.0. The van der Waals surface area contributed by atoms with Gasteiger partial charge < -0.3 is 24.3 Å². The lowest BCUT2D eigenvalue weighted by Gasteiger charge is -2.52. The van der Waals surface area contributed by atoms with Crippen molar-refractivity contribution in [1.29, 1.82) is 5.26 Å². The van der Waals surface area contributed by atoms with E-state index in [4.69, 9.17) is 9.47 Å². The fraction of sp³-hybridized carbons (Fsp3) is 0.500. The van der Waals surface area contributed by atoms with Gasteiger partial charge in [-0.25, -0.2) is 4.98 Å². The standard InChI is InChI=1S/C32H39N7O3/c1-4-42-28-16-27(36-18-25(28)17-33)22(2)39-21-32(6-5-7-32)29-24(20-37-10-12-41-13-11-37)14-23(15-26(29)30(39)40)19-38-9-8-35-31(38)34-3/h8-9,14-16,18,22H,4-7,10-13,19-21H2,1-3H3,(H,34,35)/t22-/m0/s1. The molecule has 1 N–H and O–H groups in total. The van der Waals surface area contributed by atoms with Crippen LogP contribution in [0.25, 0.3) is 0 Å². The monoisotopic (exact) mass is 569 g/mol. The first-order chi connectivity index (χ1) is 20.5. The number of amides is 1. The molecule has 6 rings (SSSR count). The Hall–Kier alpha value is -3.94. The van der Waals surface area contributed by atoms with Crippen molar-refractivity contribution in [2.75, 3.05) is 51.8 Å². The average molecular weight is 570 g/mol. The van der Waals surface area contributed by atoms with Crippen molar-refractivity contribution < 1.29 is 14.3 Å². The summed E-state index contributed by atoms with van der Waals surface area (Å²) in [4.78, 5) is 27.9. The molecule has 1 atom stereocenters. The Morgan fingerprint density at radius 2 is 2.00 bits per heavy atom. The largest absolute Gasteiger partial charge is 0.492 e. The molecule has 1 saturated carbocycles. The number of hydrogen-bond donors (Lipinski definition) is 1. The quantitative estimate of drug-likeness (QED) is 0.410. The molecule has 0 unspecified atom stereocenters. The number of rotatable bonds is 9. The maximum absolute atomic E-state index is 14.5. The molecular weight excluding hydrogens is 530 g/mol. The molecule has 2 fully saturated rings. The normalized spacial score (nSPS) is 18.7. The second kappa shape index (κ2) is 11.7. The Morgan fingerprint density at radius 3 is 2.69 bits per heavy atom. The van der Waals surface area contributed by atoms with Crippen LogP contribution in [0.5, 0.6) is 5.75 Å². The number of nitrogens with one attached hydrogen (secondary N) is 1. The zero-order valence-electron chi connectivity index (χ0n) is 24.7. The molecule has 220 valence electrons. The van der Waals surface area contributed by atoms with Gasteiger partial charge in [-0.3, -0.25) is 14.7 Å². The summed E-state index contributed by atoms with van der Waals surface area (Å²) in [6, 6.07) is 8.13. The molecule has 2 aliphatic heterocycles. The van der Waals surface area contributed by atoms with Crippen LogP contribution in [0.3, 0.4) is 0 Å². The predicted molar refractivity (Wildman–Crippen MR) is 159 cm³/mol. The number of morpholine rings is 1. The van der Waals surface area contributed by atoms with Crippen LogP contribution in [-0.2, 0) is 23.2 Å². The topological polar surface area (TPSA) is 109 Å². The minimum absolute atomic E-state index is 0.0312. The van der Waals surface area contributed by atoms with E-state index in [1.807, 2.05) is 38.1 Å². The highest BCUT2D eigenvalue weighted by molar-refractivity contribution is 5.98. The van der Waals surface area contributed by atoms with E-state index in [1.54, 1.807) is 12.4 Å². The zero-order chi connectivity index (χ0) is 29.3. The summed E-state index contributed by atoms with van der Waals surface area (Å²) in [6.45, 7) is 9.71. The van der Waals surface area contributed by atoms with Gasteiger partial charge in [-0.05, 0) is 49.4 Å². The molecule has 2 aromatic heterocycles. The van der Waals surface area contributed by atoms with Gasteiger partial charge in [0.2, 0.25) is 5.95 Å². The number of anilines is 1. The van der Waals surface area contributed by atoms with E-state index >= 15 is 0 Å². The molecule has 1 aromatic carbocycles. The summed E-state index contributed by atoms with van der Waals surface area (Å²) in [5.41, 5.74) is 5.43. The molecule has 1 aliphatic carbocycles. The van der Waals surface area contributed by atoms with Crippen molar-refractivity contribution in [3.05, 3.63) is 70.3 Å². The molecule has 10 nitrogen and oxygen atoms in total.